The molecule has 0 aromatic heterocycles. The molecule has 170 valence electrons. The predicted molar refractivity (Wildman–Crippen MR) is 135 cm³/mol. The van der Waals surface area contributed by atoms with Gasteiger partial charge >= 0.3 is 0 Å². The molecule has 1 aliphatic heterocycles. The summed E-state index contributed by atoms with van der Waals surface area (Å²) in [6, 6.07) is 8.88. The summed E-state index contributed by atoms with van der Waals surface area (Å²) in [6.45, 7) is 4.45. The van der Waals surface area contributed by atoms with Gasteiger partial charge in [-0.15, -0.1) is 0 Å². The van der Waals surface area contributed by atoms with Crippen LogP contribution in [0.15, 0.2) is 64.8 Å². The number of allylic oxidation sites excluding steroid dienone is 5. The van der Waals surface area contributed by atoms with Crippen LogP contribution in [0.2, 0.25) is 0 Å². The molecule has 0 saturated heterocycles. The molecule has 0 spiro atoms. The van der Waals surface area contributed by atoms with Crippen molar-refractivity contribution in [1.29, 1.82) is 0 Å². The van der Waals surface area contributed by atoms with E-state index in [4.69, 9.17) is 4.99 Å². The van der Waals surface area contributed by atoms with Crippen LogP contribution >= 0.6 is 0 Å². The van der Waals surface area contributed by atoms with E-state index in [1.807, 2.05) is 6.20 Å². The van der Waals surface area contributed by atoms with Crippen molar-refractivity contribution in [3.63, 3.8) is 0 Å². The third kappa shape index (κ3) is 5.97. The maximum Gasteiger partial charge on any atom is 0.137 e. The summed E-state index contributed by atoms with van der Waals surface area (Å²) in [5.41, 5.74) is 6.92. The van der Waals surface area contributed by atoms with Gasteiger partial charge in [0.1, 0.15) is 5.78 Å². The van der Waals surface area contributed by atoms with Crippen LogP contribution in [0.1, 0.15) is 95.1 Å². The molecule has 0 bridgehead atoms. The van der Waals surface area contributed by atoms with Crippen molar-refractivity contribution in [3.05, 3.63) is 71.0 Å². The third-order valence-corrected chi connectivity index (χ3v) is 7.36. The van der Waals surface area contributed by atoms with Crippen LogP contribution in [0.5, 0.6) is 0 Å². The van der Waals surface area contributed by atoms with Gasteiger partial charge in [0, 0.05) is 25.0 Å². The zero-order valence-electron chi connectivity index (χ0n) is 20.0. The summed E-state index contributed by atoms with van der Waals surface area (Å²) in [7, 11) is 0. The van der Waals surface area contributed by atoms with Crippen molar-refractivity contribution in [2.45, 2.75) is 90.4 Å². The van der Waals surface area contributed by atoms with Gasteiger partial charge < -0.3 is 0 Å². The zero-order chi connectivity index (χ0) is 22.3. The minimum Gasteiger partial charge on any atom is -0.299 e. The monoisotopic (exact) mass is 429 g/mol. The van der Waals surface area contributed by atoms with Crippen molar-refractivity contribution in [2.24, 2.45) is 16.8 Å². The second-order valence-corrected chi connectivity index (χ2v) is 10.4. The molecule has 0 N–H and O–H groups in total. The molecule has 2 aliphatic carbocycles. The average Bonchev–Trinajstić information content (AvgIpc) is 3.02. The minimum absolute atomic E-state index is 0.382. The first-order valence-corrected chi connectivity index (χ1v) is 12.8. The number of Topliss-reactive ketones (excluding diaryl/α,β-unsaturated/α-hetero) is 1. The minimum atomic E-state index is 0.382. The highest BCUT2D eigenvalue weighted by atomic mass is 16.1. The molecule has 4 rings (SSSR count). The first-order valence-electron chi connectivity index (χ1n) is 12.8. The topological polar surface area (TPSA) is 29.4 Å². The lowest BCUT2D eigenvalue weighted by atomic mass is 9.73. The van der Waals surface area contributed by atoms with E-state index < -0.39 is 0 Å². The first kappa shape index (κ1) is 23.0. The van der Waals surface area contributed by atoms with Gasteiger partial charge in [0.05, 0.1) is 5.71 Å². The molecule has 1 fully saturated rings. The second kappa shape index (κ2) is 11.1. The number of carbonyl (C=O) groups excluding carboxylic acids is 1. The maximum atomic E-state index is 12.5. The molecule has 1 aromatic carbocycles. The van der Waals surface area contributed by atoms with E-state index >= 15 is 0 Å². The number of aliphatic imine (C=N–C) groups is 1. The Bertz CT molecular complexity index is 930. The molecular weight excluding hydrogens is 390 g/mol. The quantitative estimate of drug-likeness (QED) is 0.413. The molecule has 2 atom stereocenters. The van der Waals surface area contributed by atoms with Crippen LogP contribution in [0, 0.1) is 11.8 Å². The Labute approximate surface area is 194 Å². The molecule has 2 heteroatoms. The van der Waals surface area contributed by atoms with E-state index in [1.54, 1.807) is 5.57 Å². The Morgan fingerprint density at radius 3 is 2.91 bits per heavy atom. The van der Waals surface area contributed by atoms with Crippen LogP contribution < -0.4 is 0 Å². The lowest BCUT2D eigenvalue weighted by Crippen LogP contribution is -2.24. The molecule has 0 amide bonds. The van der Waals surface area contributed by atoms with E-state index in [0.29, 0.717) is 36.4 Å². The summed E-state index contributed by atoms with van der Waals surface area (Å²) in [5, 5.41) is 0. The highest BCUT2D eigenvalue weighted by Crippen LogP contribution is 2.40. The lowest BCUT2D eigenvalue weighted by molar-refractivity contribution is -0.118. The number of hydrogen-bond acceptors (Lipinski definition) is 2. The highest BCUT2D eigenvalue weighted by molar-refractivity contribution is 6.05. The second-order valence-electron chi connectivity index (χ2n) is 10.4. The van der Waals surface area contributed by atoms with E-state index in [9.17, 15) is 4.79 Å². The Hall–Kier alpha value is -2.22. The number of nitrogens with zero attached hydrogens (tertiary/aromatic N) is 1. The first-order chi connectivity index (χ1) is 15.6. The van der Waals surface area contributed by atoms with Crippen molar-refractivity contribution < 1.29 is 4.79 Å². The van der Waals surface area contributed by atoms with Crippen LogP contribution in [-0.4, -0.2) is 11.5 Å². The molecule has 1 saturated carbocycles. The fourth-order valence-corrected chi connectivity index (χ4v) is 5.63. The fourth-order valence-electron chi connectivity index (χ4n) is 5.63. The summed E-state index contributed by atoms with van der Waals surface area (Å²) in [4.78, 5) is 17.4. The summed E-state index contributed by atoms with van der Waals surface area (Å²) in [5.74, 6) is 2.16. The van der Waals surface area contributed by atoms with Crippen molar-refractivity contribution in [1.82, 2.24) is 0 Å². The van der Waals surface area contributed by atoms with Gasteiger partial charge in [-0.3, -0.25) is 9.79 Å². The normalized spacial score (nSPS) is 23.2. The molecule has 1 aromatic rings. The van der Waals surface area contributed by atoms with E-state index in [1.165, 1.54) is 54.5 Å². The van der Waals surface area contributed by atoms with Gasteiger partial charge in [-0.1, -0.05) is 74.8 Å². The Kier molecular flexibility index (Phi) is 7.95. The van der Waals surface area contributed by atoms with E-state index in [-0.39, 0.29) is 0 Å². The standard InChI is InChI=1S/C30H39NO/c1-22(2)9-5-16-28(32)20-23-10-6-12-25(19-23)26-13-7-14-27(21-26)30-29-17-4-3-11-24(29)15-8-18-31-30/h4,6,8,10,12,17-19,22,26-27H,3,5,7,9,11,13-16,20-21H2,1-2H3. The van der Waals surface area contributed by atoms with E-state index in [2.05, 4.69) is 56.3 Å². The number of rotatable bonds is 8. The molecule has 3 aliphatic rings. The summed E-state index contributed by atoms with van der Waals surface area (Å²) < 4.78 is 0. The average molecular weight is 430 g/mol. The molecule has 1 heterocycles. The predicted octanol–water partition coefficient (Wildman–Crippen LogP) is 7.90. The molecule has 32 heavy (non-hydrogen) atoms. The number of ketones is 1. The largest absolute Gasteiger partial charge is 0.299 e. The smallest absolute Gasteiger partial charge is 0.137 e. The summed E-state index contributed by atoms with van der Waals surface area (Å²) in [6.07, 6.45) is 20.7. The number of benzene rings is 1. The van der Waals surface area contributed by atoms with Gasteiger partial charge in [-0.2, -0.15) is 0 Å². The van der Waals surface area contributed by atoms with Gasteiger partial charge in [0.25, 0.3) is 0 Å². The lowest BCUT2D eigenvalue weighted by Gasteiger charge is -2.32. The van der Waals surface area contributed by atoms with Crippen LogP contribution in [-0.2, 0) is 11.2 Å². The van der Waals surface area contributed by atoms with Crippen LogP contribution in [0.25, 0.3) is 0 Å². The Morgan fingerprint density at radius 1 is 1.16 bits per heavy atom. The van der Waals surface area contributed by atoms with E-state index in [0.717, 1.165) is 25.7 Å². The Balaban J connectivity index is 1.43. The van der Waals surface area contributed by atoms with Gasteiger partial charge in [-0.05, 0) is 73.5 Å². The van der Waals surface area contributed by atoms with Gasteiger partial charge in [0.2, 0.25) is 0 Å². The van der Waals surface area contributed by atoms with Gasteiger partial charge in [-0.25, -0.2) is 0 Å². The van der Waals surface area contributed by atoms with Gasteiger partial charge in [0.15, 0.2) is 0 Å². The van der Waals surface area contributed by atoms with Crippen LogP contribution in [0.3, 0.4) is 0 Å². The third-order valence-electron chi connectivity index (χ3n) is 7.36. The van der Waals surface area contributed by atoms with Crippen molar-refractivity contribution in [2.75, 3.05) is 0 Å². The number of carbonyl (C=O) groups is 1. The van der Waals surface area contributed by atoms with Crippen LogP contribution in [0.4, 0.5) is 0 Å². The van der Waals surface area contributed by atoms with Crippen molar-refractivity contribution >= 4 is 11.5 Å². The summed E-state index contributed by atoms with van der Waals surface area (Å²) >= 11 is 0. The SMILES string of the molecule is CC(C)CCCC(=O)Cc1cccc(C2CCCC(C3=NC=CCC4=C3C=CCC4)C2)c1. The molecule has 2 nitrogen and oxygen atoms in total. The number of hydrogen-bond donors (Lipinski definition) is 0. The van der Waals surface area contributed by atoms with Crippen molar-refractivity contribution in [3.8, 4) is 0 Å². The maximum absolute atomic E-state index is 12.5. The highest BCUT2D eigenvalue weighted by Gasteiger charge is 2.29. The molecule has 0 radical (unpaired) electrons. The fraction of sp³-hybridized carbons (Fsp3) is 0.533. The molecule has 2 unspecified atom stereocenters. The molecular formula is C30H39NO. The zero-order valence-corrected chi connectivity index (χ0v) is 20.0. The Morgan fingerprint density at radius 2 is 2.03 bits per heavy atom.